The molecule has 1 heteroatoms. The van der Waals surface area contributed by atoms with Crippen LogP contribution < -0.4 is 5.32 Å². The Bertz CT molecular complexity index is 134. The first-order valence-corrected chi connectivity index (χ1v) is 4.64. The molecule has 0 amide bonds. The highest BCUT2D eigenvalue weighted by Crippen LogP contribution is 2.45. The van der Waals surface area contributed by atoms with Gasteiger partial charge in [-0.1, -0.05) is 27.7 Å². The molecule has 0 aromatic carbocycles. The van der Waals surface area contributed by atoms with Gasteiger partial charge in [0.1, 0.15) is 0 Å². The third-order valence-corrected chi connectivity index (χ3v) is 3.26. The van der Waals surface area contributed by atoms with Gasteiger partial charge in [-0.2, -0.15) is 0 Å². The zero-order valence-electron chi connectivity index (χ0n) is 8.44. The fourth-order valence-corrected chi connectivity index (χ4v) is 2.31. The first-order valence-electron chi connectivity index (χ1n) is 4.64. The second-order valence-electron chi connectivity index (χ2n) is 4.96. The number of rotatable bonds is 1. The van der Waals surface area contributed by atoms with Crippen LogP contribution in [0, 0.1) is 17.3 Å². The molecule has 1 N–H and O–H groups in total. The second kappa shape index (κ2) is 2.78. The van der Waals surface area contributed by atoms with E-state index in [2.05, 4.69) is 40.1 Å². The highest BCUT2D eigenvalue weighted by Gasteiger charge is 2.42. The molecule has 1 saturated carbocycles. The molecule has 1 rings (SSSR count). The van der Waals surface area contributed by atoms with Crippen LogP contribution in [0.3, 0.4) is 0 Å². The summed E-state index contributed by atoms with van der Waals surface area (Å²) in [4.78, 5) is 0. The summed E-state index contributed by atoms with van der Waals surface area (Å²) in [5.74, 6) is 1.78. The minimum absolute atomic E-state index is 0.507. The predicted molar refractivity (Wildman–Crippen MR) is 49.6 cm³/mol. The molecule has 3 unspecified atom stereocenters. The summed E-state index contributed by atoms with van der Waals surface area (Å²) in [5, 5.41) is 3.35. The van der Waals surface area contributed by atoms with Gasteiger partial charge in [-0.15, -0.1) is 0 Å². The summed E-state index contributed by atoms with van der Waals surface area (Å²) in [5.41, 5.74) is 0.507. The Morgan fingerprint density at radius 1 is 1.27 bits per heavy atom. The molecule has 0 saturated heterocycles. The Morgan fingerprint density at radius 3 is 2.09 bits per heavy atom. The summed E-state index contributed by atoms with van der Waals surface area (Å²) in [7, 11) is 2.07. The smallest absolute Gasteiger partial charge is 0.00954 e. The molecule has 11 heavy (non-hydrogen) atoms. The minimum Gasteiger partial charge on any atom is -0.317 e. The maximum atomic E-state index is 3.35. The number of hydrogen-bond donors (Lipinski definition) is 1. The molecule has 3 atom stereocenters. The van der Waals surface area contributed by atoms with Crippen LogP contribution in [0.5, 0.6) is 0 Å². The average Bonchev–Trinajstić information content (AvgIpc) is 1.83. The summed E-state index contributed by atoms with van der Waals surface area (Å²) in [6, 6.07) is 0.777. The molecule has 0 aliphatic heterocycles. The Kier molecular flexibility index (Phi) is 2.29. The Labute approximate surface area is 70.6 Å². The number of hydrogen-bond acceptors (Lipinski definition) is 1. The van der Waals surface area contributed by atoms with Crippen LogP contribution in [0.15, 0.2) is 0 Å². The molecule has 66 valence electrons. The zero-order chi connectivity index (χ0) is 8.65. The van der Waals surface area contributed by atoms with Gasteiger partial charge < -0.3 is 5.32 Å². The van der Waals surface area contributed by atoms with Crippen LogP contribution in [0.25, 0.3) is 0 Å². The highest BCUT2D eigenvalue weighted by atomic mass is 14.9. The summed E-state index contributed by atoms with van der Waals surface area (Å²) >= 11 is 0. The van der Waals surface area contributed by atoms with Crippen LogP contribution in [-0.4, -0.2) is 13.1 Å². The van der Waals surface area contributed by atoms with E-state index in [1.807, 2.05) is 0 Å². The molecule has 1 nitrogen and oxygen atoms in total. The van der Waals surface area contributed by atoms with Crippen LogP contribution in [0.1, 0.15) is 34.1 Å². The Morgan fingerprint density at radius 2 is 1.82 bits per heavy atom. The van der Waals surface area contributed by atoms with Crippen molar-refractivity contribution in [2.24, 2.45) is 17.3 Å². The van der Waals surface area contributed by atoms with Crippen LogP contribution in [-0.2, 0) is 0 Å². The van der Waals surface area contributed by atoms with Crippen molar-refractivity contribution in [3.8, 4) is 0 Å². The third-order valence-electron chi connectivity index (χ3n) is 3.26. The SMILES string of the molecule is CNC1CC(C(C)(C)C)C1C. The molecule has 0 heterocycles. The van der Waals surface area contributed by atoms with Crippen LogP contribution in [0.2, 0.25) is 0 Å². The van der Waals surface area contributed by atoms with Gasteiger partial charge in [-0.05, 0) is 30.7 Å². The lowest BCUT2D eigenvalue weighted by molar-refractivity contribution is 0.0301. The quantitative estimate of drug-likeness (QED) is 0.612. The maximum absolute atomic E-state index is 3.35. The monoisotopic (exact) mass is 155 g/mol. The molecular formula is C10H21N. The molecule has 0 spiro atoms. The van der Waals surface area contributed by atoms with Gasteiger partial charge in [-0.3, -0.25) is 0 Å². The van der Waals surface area contributed by atoms with E-state index in [4.69, 9.17) is 0 Å². The molecule has 0 aromatic rings. The van der Waals surface area contributed by atoms with Crippen LogP contribution in [0.4, 0.5) is 0 Å². The van der Waals surface area contributed by atoms with E-state index < -0.39 is 0 Å². The van der Waals surface area contributed by atoms with E-state index in [9.17, 15) is 0 Å². The van der Waals surface area contributed by atoms with E-state index >= 15 is 0 Å². The van der Waals surface area contributed by atoms with Crippen molar-refractivity contribution in [3.05, 3.63) is 0 Å². The van der Waals surface area contributed by atoms with Crippen molar-refractivity contribution >= 4 is 0 Å². The lowest BCUT2D eigenvalue weighted by atomic mass is 9.59. The topological polar surface area (TPSA) is 12.0 Å². The van der Waals surface area contributed by atoms with Crippen molar-refractivity contribution in [1.29, 1.82) is 0 Å². The van der Waals surface area contributed by atoms with E-state index in [1.54, 1.807) is 0 Å². The van der Waals surface area contributed by atoms with Gasteiger partial charge in [0.2, 0.25) is 0 Å². The average molecular weight is 155 g/mol. The zero-order valence-corrected chi connectivity index (χ0v) is 8.44. The van der Waals surface area contributed by atoms with Gasteiger partial charge in [0.25, 0.3) is 0 Å². The summed E-state index contributed by atoms with van der Waals surface area (Å²) in [6.07, 6.45) is 1.36. The fraction of sp³-hybridized carbons (Fsp3) is 1.00. The maximum Gasteiger partial charge on any atom is 0.00954 e. The van der Waals surface area contributed by atoms with E-state index in [-0.39, 0.29) is 0 Å². The molecule has 0 aromatic heterocycles. The molecule has 1 aliphatic rings. The lowest BCUT2D eigenvalue weighted by Gasteiger charge is -2.49. The van der Waals surface area contributed by atoms with Crippen molar-refractivity contribution in [2.75, 3.05) is 7.05 Å². The fourth-order valence-electron chi connectivity index (χ4n) is 2.31. The van der Waals surface area contributed by atoms with Gasteiger partial charge in [0.05, 0.1) is 0 Å². The highest BCUT2D eigenvalue weighted by molar-refractivity contribution is 4.96. The lowest BCUT2D eigenvalue weighted by Crippen LogP contribution is -2.52. The van der Waals surface area contributed by atoms with Gasteiger partial charge in [0.15, 0.2) is 0 Å². The van der Waals surface area contributed by atoms with Crippen molar-refractivity contribution in [3.63, 3.8) is 0 Å². The van der Waals surface area contributed by atoms with E-state index in [1.165, 1.54) is 6.42 Å². The second-order valence-corrected chi connectivity index (χ2v) is 4.96. The van der Waals surface area contributed by atoms with Crippen LogP contribution >= 0.6 is 0 Å². The molecular weight excluding hydrogens is 134 g/mol. The number of nitrogens with one attached hydrogen (secondary N) is 1. The molecule has 1 fully saturated rings. The summed E-state index contributed by atoms with van der Waals surface area (Å²) < 4.78 is 0. The first kappa shape index (κ1) is 9.05. The van der Waals surface area contributed by atoms with Crippen molar-refractivity contribution in [1.82, 2.24) is 5.32 Å². The Balaban J connectivity index is 2.45. The van der Waals surface area contributed by atoms with Crippen molar-refractivity contribution in [2.45, 2.75) is 40.2 Å². The van der Waals surface area contributed by atoms with Gasteiger partial charge in [-0.25, -0.2) is 0 Å². The van der Waals surface area contributed by atoms with Crippen molar-refractivity contribution < 1.29 is 0 Å². The Hall–Kier alpha value is -0.0400. The minimum atomic E-state index is 0.507. The largest absolute Gasteiger partial charge is 0.317 e. The van der Waals surface area contributed by atoms with E-state index in [0.717, 1.165) is 17.9 Å². The summed E-state index contributed by atoms with van der Waals surface area (Å²) in [6.45, 7) is 9.40. The predicted octanol–water partition coefficient (Wildman–Crippen LogP) is 2.28. The van der Waals surface area contributed by atoms with E-state index in [0.29, 0.717) is 5.41 Å². The van der Waals surface area contributed by atoms with Gasteiger partial charge in [0, 0.05) is 6.04 Å². The third kappa shape index (κ3) is 1.58. The standard InChI is InChI=1S/C10H21N/c1-7-8(10(2,3)4)6-9(7)11-5/h7-9,11H,6H2,1-5H3. The first-order chi connectivity index (χ1) is 4.96. The van der Waals surface area contributed by atoms with Gasteiger partial charge >= 0.3 is 0 Å². The normalized spacial score (nSPS) is 38.5. The molecule has 1 aliphatic carbocycles. The molecule has 0 bridgehead atoms. The molecule has 0 radical (unpaired) electrons.